The van der Waals surface area contributed by atoms with Crippen LogP contribution < -0.4 is 10.9 Å². The van der Waals surface area contributed by atoms with Crippen molar-refractivity contribution >= 4 is 27.2 Å². The molecule has 4 atom stereocenters. The third-order valence-corrected chi connectivity index (χ3v) is 6.01. The molecule has 0 saturated carbocycles. The lowest BCUT2D eigenvalue weighted by Gasteiger charge is -2.24. The van der Waals surface area contributed by atoms with Crippen LogP contribution in [-0.2, 0) is 28.7 Å². The van der Waals surface area contributed by atoms with E-state index in [4.69, 9.17) is 29.3 Å². The lowest BCUT2D eigenvalue weighted by molar-refractivity contribution is -0.198. The number of nitrogens with two attached hydrogens (primary N) is 2. The summed E-state index contributed by atoms with van der Waals surface area (Å²) in [6, 6.07) is 9.52. The highest BCUT2D eigenvalue weighted by Gasteiger charge is 2.56. The van der Waals surface area contributed by atoms with Gasteiger partial charge in [-0.3, -0.25) is 4.18 Å². The highest BCUT2D eigenvalue weighted by atomic mass is 32.2. The number of anilines is 1. The van der Waals surface area contributed by atoms with Gasteiger partial charge >= 0.3 is 10.3 Å². The summed E-state index contributed by atoms with van der Waals surface area (Å²) in [5.41, 5.74) is 8.13. The Balaban J connectivity index is 1.56. The number of nitrogen functional groups attached to an aromatic ring is 1. The summed E-state index contributed by atoms with van der Waals surface area (Å²) in [5, 5.41) is 5.57. The van der Waals surface area contributed by atoms with Crippen molar-refractivity contribution in [2.45, 2.75) is 44.2 Å². The van der Waals surface area contributed by atoms with Crippen LogP contribution in [0.3, 0.4) is 0 Å². The molecular formula is C22H23N5O6S. The zero-order valence-corrected chi connectivity index (χ0v) is 19.2. The Morgan fingerprint density at radius 3 is 2.62 bits per heavy atom. The molecule has 0 radical (unpaired) electrons. The van der Waals surface area contributed by atoms with Gasteiger partial charge in [-0.25, -0.2) is 15.1 Å². The lowest BCUT2D eigenvalue weighted by Crippen LogP contribution is -2.34. The van der Waals surface area contributed by atoms with E-state index in [1.807, 2.05) is 30.3 Å². The van der Waals surface area contributed by atoms with E-state index in [9.17, 15) is 8.42 Å². The fourth-order valence-electron chi connectivity index (χ4n) is 4.24. The van der Waals surface area contributed by atoms with Gasteiger partial charge in [0.25, 0.3) is 0 Å². The topological polar surface area (TPSA) is 154 Å². The largest absolute Gasteiger partial charge is 0.383 e. The average Bonchev–Trinajstić information content (AvgIpc) is 3.40. The van der Waals surface area contributed by atoms with Crippen LogP contribution in [-0.4, -0.2) is 53.7 Å². The molecule has 11 nitrogen and oxygen atoms in total. The van der Waals surface area contributed by atoms with E-state index in [1.54, 1.807) is 24.6 Å². The van der Waals surface area contributed by atoms with E-state index < -0.39 is 40.6 Å². The molecule has 12 heteroatoms. The first-order valence-electron chi connectivity index (χ1n) is 10.5. The van der Waals surface area contributed by atoms with Gasteiger partial charge in [-0.1, -0.05) is 30.0 Å². The van der Waals surface area contributed by atoms with Gasteiger partial charge < -0.3 is 24.5 Å². The molecule has 2 aliphatic heterocycles. The van der Waals surface area contributed by atoms with E-state index in [0.29, 0.717) is 16.6 Å². The number of ether oxygens (including phenoxy) is 3. The van der Waals surface area contributed by atoms with Crippen LogP contribution in [0, 0.1) is 11.8 Å². The zero-order valence-electron chi connectivity index (χ0n) is 18.4. The molecule has 34 heavy (non-hydrogen) atoms. The minimum absolute atomic E-state index is 0.272. The van der Waals surface area contributed by atoms with Crippen molar-refractivity contribution < 1.29 is 26.8 Å². The van der Waals surface area contributed by atoms with Gasteiger partial charge in [0.15, 0.2) is 12.0 Å². The summed E-state index contributed by atoms with van der Waals surface area (Å²) in [6.07, 6.45) is 0.468. The molecule has 4 N–H and O–H groups in total. The monoisotopic (exact) mass is 485 g/mol. The Morgan fingerprint density at radius 1 is 1.15 bits per heavy atom. The molecule has 4 heterocycles. The number of nitrogens with zero attached hydrogens (tertiary/aromatic N) is 3. The molecule has 2 aliphatic rings. The van der Waals surface area contributed by atoms with Gasteiger partial charge in [0.2, 0.25) is 0 Å². The van der Waals surface area contributed by atoms with Crippen molar-refractivity contribution in [2.75, 3.05) is 12.3 Å². The van der Waals surface area contributed by atoms with Crippen molar-refractivity contribution in [3.8, 4) is 11.8 Å². The molecule has 0 bridgehead atoms. The van der Waals surface area contributed by atoms with Crippen molar-refractivity contribution in [3.05, 3.63) is 54.0 Å². The number of hydrogen-bond donors (Lipinski definition) is 2. The van der Waals surface area contributed by atoms with Gasteiger partial charge in [0.05, 0.1) is 17.6 Å². The number of fused-ring (bicyclic) bond motifs is 2. The third-order valence-electron chi connectivity index (χ3n) is 5.55. The molecule has 0 amide bonds. The molecule has 2 saturated heterocycles. The highest BCUT2D eigenvalue weighted by Crippen LogP contribution is 2.44. The van der Waals surface area contributed by atoms with E-state index in [1.165, 1.54) is 6.33 Å². The minimum Gasteiger partial charge on any atom is -0.383 e. The summed E-state index contributed by atoms with van der Waals surface area (Å²) < 4.78 is 47.5. The molecule has 0 spiro atoms. The predicted molar refractivity (Wildman–Crippen MR) is 121 cm³/mol. The van der Waals surface area contributed by atoms with Crippen LogP contribution >= 0.6 is 0 Å². The maximum Gasteiger partial charge on any atom is 0.333 e. The van der Waals surface area contributed by atoms with Crippen molar-refractivity contribution in [1.29, 1.82) is 0 Å². The number of benzene rings is 1. The number of hydrogen-bond acceptors (Lipinski definition) is 9. The molecule has 1 aromatic carbocycles. The van der Waals surface area contributed by atoms with Gasteiger partial charge in [-0.2, -0.15) is 8.42 Å². The molecule has 5 rings (SSSR count). The van der Waals surface area contributed by atoms with E-state index in [2.05, 4.69) is 21.8 Å². The first-order chi connectivity index (χ1) is 16.1. The maximum atomic E-state index is 11.3. The fraction of sp³-hybridized carbons (Fsp3) is 0.364. The summed E-state index contributed by atoms with van der Waals surface area (Å²) in [7, 11) is -4.16. The first kappa shape index (κ1) is 22.7. The first-order valence-corrected chi connectivity index (χ1v) is 11.9. The molecule has 0 aliphatic carbocycles. The average molecular weight is 486 g/mol. The second-order valence-corrected chi connectivity index (χ2v) is 9.65. The highest BCUT2D eigenvalue weighted by molar-refractivity contribution is 7.84. The summed E-state index contributed by atoms with van der Waals surface area (Å²) >= 11 is 0. The van der Waals surface area contributed by atoms with Gasteiger partial charge in [-0.05, 0) is 26.0 Å². The quantitative estimate of drug-likeness (QED) is 0.516. The van der Waals surface area contributed by atoms with Crippen LogP contribution in [0.1, 0.15) is 31.2 Å². The van der Waals surface area contributed by atoms with Crippen LogP contribution in [0.5, 0.6) is 0 Å². The molecule has 178 valence electrons. The van der Waals surface area contributed by atoms with Crippen LogP contribution in [0.4, 0.5) is 5.82 Å². The summed E-state index contributed by atoms with van der Waals surface area (Å²) in [4.78, 5) is 8.52. The van der Waals surface area contributed by atoms with E-state index in [-0.39, 0.29) is 12.4 Å². The molecule has 3 aromatic rings. The van der Waals surface area contributed by atoms with Crippen molar-refractivity contribution in [2.24, 2.45) is 5.14 Å². The van der Waals surface area contributed by atoms with Gasteiger partial charge in [0.1, 0.15) is 36.1 Å². The second-order valence-electron chi connectivity index (χ2n) is 8.43. The summed E-state index contributed by atoms with van der Waals surface area (Å²) in [5.74, 6) is 5.62. The zero-order chi connectivity index (χ0) is 24.1. The Kier molecular flexibility index (Phi) is 5.56. The molecule has 0 unspecified atom stereocenters. The fourth-order valence-corrected chi connectivity index (χ4v) is 4.56. The maximum absolute atomic E-state index is 11.3. The number of aromatic nitrogens is 3. The Bertz CT molecular complexity index is 1400. The minimum atomic E-state index is -4.16. The van der Waals surface area contributed by atoms with E-state index in [0.717, 1.165) is 5.56 Å². The normalized spacial score (nSPS) is 25.7. The Morgan fingerprint density at radius 2 is 1.88 bits per heavy atom. The standard InChI is InChI=1S/C22H23N5O6S/c1-22(2)32-17-15(11-30-34(24,28)29)31-21(18(17)33-22)27-10-14(9-8-13-6-4-3-5-7-13)16-19(23)25-12-26-20(16)27/h3-7,10,12,15,17-18,21H,11H2,1-2H3,(H2,23,25,26)(H2,24,28,29)/t15-,17-,18-,21-/m1/s1. The second kappa shape index (κ2) is 8.31. The Hall–Kier alpha value is -3.05. The van der Waals surface area contributed by atoms with Crippen molar-refractivity contribution in [1.82, 2.24) is 14.5 Å². The molecular weight excluding hydrogens is 462 g/mol. The van der Waals surface area contributed by atoms with Crippen LogP contribution in [0.15, 0.2) is 42.9 Å². The predicted octanol–water partition coefficient (Wildman–Crippen LogP) is 1.05. The summed E-state index contributed by atoms with van der Waals surface area (Å²) in [6.45, 7) is 3.21. The molecule has 2 fully saturated rings. The van der Waals surface area contributed by atoms with Gasteiger partial charge in [-0.15, -0.1) is 0 Å². The lowest BCUT2D eigenvalue weighted by atomic mass is 10.1. The van der Waals surface area contributed by atoms with Crippen LogP contribution in [0.25, 0.3) is 11.0 Å². The molecule has 2 aromatic heterocycles. The van der Waals surface area contributed by atoms with E-state index >= 15 is 0 Å². The van der Waals surface area contributed by atoms with Crippen LogP contribution in [0.2, 0.25) is 0 Å². The van der Waals surface area contributed by atoms with Gasteiger partial charge in [0, 0.05) is 11.8 Å². The van der Waals surface area contributed by atoms with Crippen molar-refractivity contribution in [3.63, 3.8) is 0 Å². The third kappa shape index (κ3) is 4.37. The SMILES string of the molecule is CC1(C)O[C@@H]2[C@H](O1)[C@@H](COS(N)(=O)=O)O[C@H]2n1cc(C#Cc2ccccc2)c2c(N)ncnc21. The Labute approximate surface area is 196 Å². The number of rotatable bonds is 4. The smallest absolute Gasteiger partial charge is 0.333 e.